The average Bonchev–Trinajstić information content (AvgIpc) is 1.41. The fourth-order valence-corrected chi connectivity index (χ4v) is 0.118. The summed E-state index contributed by atoms with van der Waals surface area (Å²) in [4.78, 5) is 0. The Morgan fingerprint density at radius 2 is 1.33 bits per heavy atom. The third-order valence-corrected chi connectivity index (χ3v) is 0.408. The topological polar surface area (TPSA) is 52.0 Å². The minimum atomic E-state index is 0. The fourth-order valence-electron chi connectivity index (χ4n) is 0.118. The van der Waals surface area contributed by atoms with Gasteiger partial charge < -0.3 is 11.5 Å². The molecule has 34 valence electrons. The molecule has 2 nitrogen and oxygen atoms in total. The second-order valence-electron chi connectivity index (χ2n) is 0.931. The summed E-state index contributed by atoms with van der Waals surface area (Å²) in [5.41, 5.74) is 10.1. The van der Waals surface area contributed by atoms with Crippen molar-refractivity contribution in [1.29, 1.82) is 0 Å². The third-order valence-electron chi connectivity index (χ3n) is 0.408. The zero-order valence-corrected chi connectivity index (χ0v) is 3.28. The summed E-state index contributed by atoms with van der Waals surface area (Å²) >= 11 is 0. The van der Waals surface area contributed by atoms with Gasteiger partial charge in [-0.3, -0.25) is 0 Å². The summed E-state index contributed by atoms with van der Waals surface area (Å²) in [6.07, 6.45) is 0.944. The van der Waals surface area contributed by atoms with Crippen LogP contribution in [0, 0.1) is 0 Å². The zero-order chi connectivity index (χ0) is 4.12. The Morgan fingerprint density at radius 3 is 1.33 bits per heavy atom. The number of rotatable bonds is 2. The van der Waals surface area contributed by atoms with Gasteiger partial charge in [0.25, 0.3) is 0 Å². The molecule has 0 amide bonds. The van der Waals surface area contributed by atoms with Gasteiger partial charge in [0.2, 0.25) is 0 Å². The number of hydrogen-bond donors (Lipinski definition) is 2. The summed E-state index contributed by atoms with van der Waals surface area (Å²) in [5.74, 6) is 0. The van der Waals surface area contributed by atoms with Gasteiger partial charge in [0.15, 0.2) is 0 Å². The molecular formula is C3H11LiN2. The molecule has 0 aliphatic rings. The molecule has 3 heteroatoms. The first-order chi connectivity index (χ1) is 2.41. The molecule has 0 aromatic heterocycles. The fraction of sp³-hybridized carbons (Fsp3) is 1.00. The Morgan fingerprint density at radius 1 is 1.00 bits per heavy atom. The van der Waals surface area contributed by atoms with Gasteiger partial charge >= 0.3 is 18.9 Å². The molecule has 0 bridgehead atoms. The van der Waals surface area contributed by atoms with E-state index in [-0.39, 0.29) is 18.9 Å². The third kappa shape index (κ3) is 8.82. The summed E-state index contributed by atoms with van der Waals surface area (Å²) in [5, 5.41) is 0. The van der Waals surface area contributed by atoms with E-state index in [1.165, 1.54) is 0 Å². The van der Waals surface area contributed by atoms with Crippen LogP contribution in [0.2, 0.25) is 0 Å². The molecular weight excluding hydrogens is 71.0 g/mol. The number of nitrogens with two attached hydrogens (primary N) is 2. The van der Waals surface area contributed by atoms with Crippen LogP contribution in [0.25, 0.3) is 0 Å². The molecule has 0 aliphatic carbocycles. The van der Waals surface area contributed by atoms with Crippen LogP contribution in [0.4, 0.5) is 0 Å². The van der Waals surface area contributed by atoms with Crippen LogP contribution in [-0.4, -0.2) is 32.0 Å². The second kappa shape index (κ2) is 9.10. The van der Waals surface area contributed by atoms with Gasteiger partial charge in [0.1, 0.15) is 0 Å². The minimum absolute atomic E-state index is 0. The van der Waals surface area contributed by atoms with E-state index >= 15 is 0 Å². The number of hydrogen-bond acceptors (Lipinski definition) is 2. The predicted molar refractivity (Wildman–Crippen MR) is 29.9 cm³/mol. The summed E-state index contributed by atoms with van der Waals surface area (Å²) < 4.78 is 0. The van der Waals surface area contributed by atoms with Crippen molar-refractivity contribution in [3.63, 3.8) is 0 Å². The molecule has 0 atom stereocenters. The monoisotopic (exact) mass is 82.1 g/mol. The molecule has 0 spiro atoms. The van der Waals surface area contributed by atoms with Gasteiger partial charge in [-0.2, -0.15) is 0 Å². The van der Waals surface area contributed by atoms with Crippen molar-refractivity contribution in [2.75, 3.05) is 13.1 Å². The van der Waals surface area contributed by atoms with Crippen molar-refractivity contribution in [3.05, 3.63) is 0 Å². The maximum absolute atomic E-state index is 5.06. The molecule has 0 aliphatic heterocycles. The quantitative estimate of drug-likeness (QED) is 0.404. The Labute approximate surface area is 50.4 Å². The zero-order valence-electron chi connectivity index (χ0n) is 3.28. The molecule has 0 saturated carbocycles. The van der Waals surface area contributed by atoms with Gasteiger partial charge in [0, 0.05) is 0 Å². The van der Waals surface area contributed by atoms with Crippen LogP contribution in [0.5, 0.6) is 0 Å². The molecule has 0 heterocycles. The van der Waals surface area contributed by atoms with Gasteiger partial charge in [-0.05, 0) is 19.5 Å². The van der Waals surface area contributed by atoms with Crippen molar-refractivity contribution in [3.8, 4) is 0 Å². The van der Waals surface area contributed by atoms with Crippen molar-refractivity contribution in [2.45, 2.75) is 6.42 Å². The normalized spacial score (nSPS) is 7.00. The van der Waals surface area contributed by atoms with Crippen LogP contribution in [0.1, 0.15) is 6.42 Å². The van der Waals surface area contributed by atoms with Crippen LogP contribution in [-0.2, 0) is 0 Å². The van der Waals surface area contributed by atoms with Gasteiger partial charge in [0.05, 0.1) is 0 Å². The molecule has 0 aromatic carbocycles. The van der Waals surface area contributed by atoms with Gasteiger partial charge in [-0.25, -0.2) is 0 Å². The standard InChI is InChI=1S/C3H10N2.Li.H/c4-2-1-3-5;;/h1-5H2;;. The van der Waals surface area contributed by atoms with Gasteiger partial charge in [-0.1, -0.05) is 0 Å². The molecule has 0 radical (unpaired) electrons. The Kier molecular flexibility index (Phi) is 14.7. The van der Waals surface area contributed by atoms with Crippen LogP contribution >= 0.6 is 0 Å². The molecule has 6 heavy (non-hydrogen) atoms. The van der Waals surface area contributed by atoms with E-state index in [9.17, 15) is 0 Å². The van der Waals surface area contributed by atoms with E-state index in [0.29, 0.717) is 0 Å². The predicted octanol–water partition coefficient (Wildman–Crippen LogP) is -1.35. The SMILES string of the molecule is NCCCN.[LiH]. The first-order valence-corrected chi connectivity index (χ1v) is 1.82. The van der Waals surface area contributed by atoms with Crippen molar-refractivity contribution < 1.29 is 0 Å². The van der Waals surface area contributed by atoms with E-state index in [0.717, 1.165) is 19.5 Å². The second-order valence-corrected chi connectivity index (χ2v) is 0.931. The van der Waals surface area contributed by atoms with E-state index < -0.39 is 0 Å². The van der Waals surface area contributed by atoms with Gasteiger partial charge in [-0.15, -0.1) is 0 Å². The first kappa shape index (κ1) is 9.72. The molecule has 4 N–H and O–H groups in total. The molecule has 0 fully saturated rings. The summed E-state index contributed by atoms with van der Waals surface area (Å²) in [6, 6.07) is 0. The summed E-state index contributed by atoms with van der Waals surface area (Å²) in [6.45, 7) is 1.44. The molecule has 0 unspecified atom stereocenters. The van der Waals surface area contributed by atoms with Crippen LogP contribution in [0.15, 0.2) is 0 Å². The van der Waals surface area contributed by atoms with Crippen molar-refractivity contribution in [1.82, 2.24) is 0 Å². The van der Waals surface area contributed by atoms with Crippen molar-refractivity contribution >= 4 is 18.9 Å². The first-order valence-electron chi connectivity index (χ1n) is 1.82. The van der Waals surface area contributed by atoms with E-state index in [2.05, 4.69) is 0 Å². The molecule has 0 aromatic rings. The van der Waals surface area contributed by atoms with E-state index in [1.807, 2.05) is 0 Å². The summed E-state index contributed by atoms with van der Waals surface area (Å²) in [7, 11) is 0. The Bertz CT molecular complexity index is 16.3. The van der Waals surface area contributed by atoms with E-state index in [4.69, 9.17) is 11.5 Å². The van der Waals surface area contributed by atoms with Crippen LogP contribution in [0.3, 0.4) is 0 Å². The van der Waals surface area contributed by atoms with Crippen molar-refractivity contribution in [2.24, 2.45) is 11.5 Å². The van der Waals surface area contributed by atoms with E-state index in [1.54, 1.807) is 0 Å². The Hall–Kier alpha value is 0.517. The molecule has 0 rings (SSSR count). The maximum atomic E-state index is 5.06. The molecule has 0 saturated heterocycles. The Balaban J connectivity index is 0. The average molecular weight is 82.1 g/mol. The van der Waals surface area contributed by atoms with Crippen LogP contribution < -0.4 is 11.5 Å².